The maximum Gasteiger partial charge on any atom is 0.129 e. The minimum Gasteiger partial charge on any atom is -0.378 e. The highest BCUT2D eigenvalue weighted by Gasteiger charge is 2.14. The summed E-state index contributed by atoms with van der Waals surface area (Å²) in [6, 6.07) is 4.45. The van der Waals surface area contributed by atoms with E-state index in [0.717, 1.165) is 31.8 Å². The predicted molar refractivity (Wildman–Crippen MR) is 82.2 cm³/mol. The summed E-state index contributed by atoms with van der Waals surface area (Å²) in [6.07, 6.45) is 11.6. The topological polar surface area (TPSA) is 34.1 Å². The van der Waals surface area contributed by atoms with E-state index in [1.54, 1.807) is 0 Å². The van der Waals surface area contributed by atoms with Gasteiger partial charge in [0.1, 0.15) is 5.82 Å². The first-order valence-electron chi connectivity index (χ1n) is 8.26. The lowest BCUT2D eigenvalue weighted by molar-refractivity contribution is 0.0559. The summed E-state index contributed by atoms with van der Waals surface area (Å²) in [5.41, 5.74) is 2.60. The Labute approximate surface area is 122 Å². The molecule has 0 bridgehead atoms. The van der Waals surface area contributed by atoms with Gasteiger partial charge in [-0.2, -0.15) is 0 Å². The molecule has 1 aromatic rings. The standard InChI is InChI=1S/C17H26N2O/c1-2-9-16(8-1)20-13-4-3-7-15-11-10-14-6-5-12-18-17(14)19-15/h10-11,16H,1-9,12-13H2,(H,18,19). The van der Waals surface area contributed by atoms with Gasteiger partial charge >= 0.3 is 0 Å². The lowest BCUT2D eigenvalue weighted by atomic mass is 10.1. The van der Waals surface area contributed by atoms with Crippen molar-refractivity contribution < 1.29 is 4.74 Å². The molecule has 0 radical (unpaired) electrons. The van der Waals surface area contributed by atoms with Gasteiger partial charge in [0.2, 0.25) is 0 Å². The summed E-state index contributed by atoms with van der Waals surface area (Å²) in [5.74, 6) is 1.12. The van der Waals surface area contributed by atoms with E-state index < -0.39 is 0 Å². The van der Waals surface area contributed by atoms with Crippen LogP contribution < -0.4 is 5.32 Å². The van der Waals surface area contributed by atoms with Crippen molar-refractivity contribution in [2.24, 2.45) is 0 Å². The molecule has 3 rings (SSSR count). The number of hydrogen-bond acceptors (Lipinski definition) is 3. The number of anilines is 1. The van der Waals surface area contributed by atoms with Crippen LogP contribution >= 0.6 is 0 Å². The van der Waals surface area contributed by atoms with Crippen LogP contribution in [0.1, 0.15) is 56.2 Å². The van der Waals surface area contributed by atoms with Crippen LogP contribution in [-0.4, -0.2) is 24.2 Å². The molecular weight excluding hydrogens is 248 g/mol. The Balaban J connectivity index is 1.37. The fraction of sp³-hybridized carbons (Fsp3) is 0.706. The summed E-state index contributed by atoms with van der Waals surface area (Å²) in [5, 5.41) is 3.41. The van der Waals surface area contributed by atoms with Crippen LogP contribution in [0.3, 0.4) is 0 Å². The van der Waals surface area contributed by atoms with Crippen LogP contribution in [0.15, 0.2) is 12.1 Å². The Morgan fingerprint density at radius 2 is 2.05 bits per heavy atom. The second kappa shape index (κ2) is 7.07. The molecule has 0 amide bonds. The zero-order valence-corrected chi connectivity index (χ0v) is 12.4. The summed E-state index contributed by atoms with van der Waals surface area (Å²) >= 11 is 0. The molecule has 1 fully saturated rings. The average molecular weight is 274 g/mol. The third-order valence-electron chi connectivity index (χ3n) is 4.43. The smallest absolute Gasteiger partial charge is 0.129 e. The van der Waals surface area contributed by atoms with Crippen molar-refractivity contribution in [3.05, 3.63) is 23.4 Å². The molecule has 110 valence electrons. The minimum atomic E-state index is 0.557. The molecule has 2 heterocycles. The van der Waals surface area contributed by atoms with Crippen molar-refractivity contribution in [2.45, 2.75) is 63.9 Å². The van der Waals surface area contributed by atoms with Crippen LogP contribution in [0.5, 0.6) is 0 Å². The fourth-order valence-electron chi connectivity index (χ4n) is 3.22. The molecule has 1 N–H and O–H groups in total. The number of ether oxygens (including phenoxy) is 1. The Morgan fingerprint density at radius 3 is 2.95 bits per heavy atom. The number of nitrogens with one attached hydrogen (secondary N) is 1. The highest BCUT2D eigenvalue weighted by atomic mass is 16.5. The second-order valence-electron chi connectivity index (χ2n) is 6.08. The van der Waals surface area contributed by atoms with Crippen LogP contribution in [0.4, 0.5) is 5.82 Å². The molecule has 0 aromatic carbocycles. The Hall–Kier alpha value is -1.09. The van der Waals surface area contributed by atoms with E-state index in [4.69, 9.17) is 9.72 Å². The van der Waals surface area contributed by atoms with Crippen molar-refractivity contribution in [3.8, 4) is 0 Å². The molecule has 1 aromatic heterocycles. The van der Waals surface area contributed by atoms with Gasteiger partial charge in [-0.15, -0.1) is 0 Å². The van der Waals surface area contributed by atoms with E-state index in [0.29, 0.717) is 6.10 Å². The van der Waals surface area contributed by atoms with Gasteiger partial charge in [-0.1, -0.05) is 18.9 Å². The van der Waals surface area contributed by atoms with Crippen LogP contribution in [0.2, 0.25) is 0 Å². The molecule has 1 aliphatic carbocycles. The van der Waals surface area contributed by atoms with Gasteiger partial charge in [-0.3, -0.25) is 0 Å². The average Bonchev–Trinajstić information content (AvgIpc) is 3.00. The Bertz CT molecular complexity index is 427. The number of pyridine rings is 1. The van der Waals surface area contributed by atoms with Gasteiger partial charge < -0.3 is 10.1 Å². The first-order chi connectivity index (χ1) is 9.92. The van der Waals surface area contributed by atoms with E-state index in [1.165, 1.54) is 56.2 Å². The number of unbranched alkanes of at least 4 members (excludes halogenated alkanes) is 1. The Kier molecular flexibility index (Phi) is 4.91. The second-order valence-corrected chi connectivity index (χ2v) is 6.08. The molecule has 0 spiro atoms. The predicted octanol–water partition coefficient (Wildman–Crippen LogP) is 3.72. The zero-order chi connectivity index (χ0) is 13.6. The molecule has 1 saturated carbocycles. The zero-order valence-electron chi connectivity index (χ0n) is 12.4. The van der Waals surface area contributed by atoms with E-state index in [2.05, 4.69) is 17.4 Å². The van der Waals surface area contributed by atoms with Gasteiger partial charge in [0.25, 0.3) is 0 Å². The third-order valence-corrected chi connectivity index (χ3v) is 4.43. The van der Waals surface area contributed by atoms with Crippen molar-refractivity contribution in [2.75, 3.05) is 18.5 Å². The van der Waals surface area contributed by atoms with E-state index in [1.807, 2.05) is 0 Å². The fourth-order valence-corrected chi connectivity index (χ4v) is 3.22. The molecular formula is C17H26N2O. The summed E-state index contributed by atoms with van der Waals surface area (Å²) in [7, 11) is 0. The minimum absolute atomic E-state index is 0.557. The number of aryl methyl sites for hydroxylation is 2. The molecule has 0 saturated heterocycles. The molecule has 3 nitrogen and oxygen atoms in total. The van der Waals surface area contributed by atoms with Crippen molar-refractivity contribution in [1.82, 2.24) is 4.98 Å². The Morgan fingerprint density at radius 1 is 1.15 bits per heavy atom. The number of hydrogen-bond donors (Lipinski definition) is 1. The van der Waals surface area contributed by atoms with Gasteiger partial charge in [0.15, 0.2) is 0 Å². The number of aromatic nitrogens is 1. The summed E-state index contributed by atoms with van der Waals surface area (Å²) in [6.45, 7) is 1.99. The molecule has 2 aliphatic rings. The largest absolute Gasteiger partial charge is 0.378 e. The highest BCUT2D eigenvalue weighted by molar-refractivity contribution is 5.46. The molecule has 0 unspecified atom stereocenters. The van der Waals surface area contributed by atoms with Gasteiger partial charge in [0.05, 0.1) is 6.10 Å². The molecule has 0 atom stereocenters. The van der Waals surface area contributed by atoms with Gasteiger partial charge in [-0.25, -0.2) is 4.98 Å². The van der Waals surface area contributed by atoms with Crippen molar-refractivity contribution >= 4 is 5.82 Å². The van der Waals surface area contributed by atoms with Gasteiger partial charge in [0, 0.05) is 18.8 Å². The quantitative estimate of drug-likeness (QED) is 0.803. The number of rotatable bonds is 6. The first-order valence-corrected chi connectivity index (χ1v) is 8.26. The van der Waals surface area contributed by atoms with Crippen LogP contribution in [0, 0.1) is 0 Å². The third kappa shape index (κ3) is 3.72. The molecule has 1 aliphatic heterocycles. The summed E-state index contributed by atoms with van der Waals surface area (Å²) in [4.78, 5) is 4.74. The molecule has 20 heavy (non-hydrogen) atoms. The monoisotopic (exact) mass is 274 g/mol. The highest BCUT2D eigenvalue weighted by Crippen LogP contribution is 2.22. The van der Waals surface area contributed by atoms with Crippen LogP contribution in [0.25, 0.3) is 0 Å². The van der Waals surface area contributed by atoms with E-state index in [-0.39, 0.29) is 0 Å². The summed E-state index contributed by atoms with van der Waals surface area (Å²) < 4.78 is 5.90. The van der Waals surface area contributed by atoms with Crippen LogP contribution in [-0.2, 0) is 17.6 Å². The van der Waals surface area contributed by atoms with E-state index in [9.17, 15) is 0 Å². The molecule has 3 heteroatoms. The maximum atomic E-state index is 5.90. The maximum absolute atomic E-state index is 5.90. The SMILES string of the molecule is c1cc2c(nc1CCCCOC1CCCC1)NCCC2. The lowest BCUT2D eigenvalue weighted by Gasteiger charge is -2.17. The number of nitrogens with zero attached hydrogens (tertiary/aromatic N) is 1. The van der Waals surface area contributed by atoms with E-state index >= 15 is 0 Å². The number of fused-ring (bicyclic) bond motifs is 1. The lowest BCUT2D eigenvalue weighted by Crippen LogP contribution is -2.14. The van der Waals surface area contributed by atoms with Crippen molar-refractivity contribution in [1.29, 1.82) is 0 Å². The van der Waals surface area contributed by atoms with Gasteiger partial charge in [-0.05, 0) is 56.6 Å². The first kappa shape index (κ1) is 13.9. The normalized spacial score (nSPS) is 18.8. The van der Waals surface area contributed by atoms with Crippen molar-refractivity contribution in [3.63, 3.8) is 0 Å².